The Bertz CT molecular complexity index is 1540. The smallest absolute Gasteiger partial charge is 0.276 e. The van der Waals surface area contributed by atoms with Gasteiger partial charge in [-0.05, 0) is 40.7 Å². The molecule has 2 aromatic heterocycles. The number of carbonyl (C=O) groups excluding carboxylic acids is 1. The molecule has 0 spiro atoms. The summed E-state index contributed by atoms with van der Waals surface area (Å²) in [5.74, 6) is -4.09. The lowest BCUT2D eigenvalue weighted by Crippen LogP contribution is -2.35. The lowest BCUT2D eigenvalue weighted by atomic mass is 10.1. The summed E-state index contributed by atoms with van der Waals surface area (Å²) in [7, 11) is -4.01. The zero-order valence-corrected chi connectivity index (χ0v) is 24.6. The van der Waals surface area contributed by atoms with Crippen LogP contribution >= 0.6 is 34.5 Å². The maximum Gasteiger partial charge on any atom is 0.276 e. The second-order valence-corrected chi connectivity index (χ2v) is 13.5. The zero-order valence-electron chi connectivity index (χ0n) is 21.4. The zero-order chi connectivity index (χ0) is 29.1. The van der Waals surface area contributed by atoms with Crippen molar-refractivity contribution in [3.05, 3.63) is 33.8 Å². The van der Waals surface area contributed by atoms with Crippen molar-refractivity contribution in [3.8, 4) is 21.3 Å². The van der Waals surface area contributed by atoms with Crippen molar-refractivity contribution in [2.75, 3.05) is 6.54 Å². The second kappa shape index (κ2) is 10.3. The van der Waals surface area contributed by atoms with Crippen LogP contribution in [0.3, 0.4) is 0 Å². The van der Waals surface area contributed by atoms with Crippen LogP contribution < -0.4 is 4.72 Å². The van der Waals surface area contributed by atoms with E-state index < -0.39 is 52.5 Å². The summed E-state index contributed by atoms with van der Waals surface area (Å²) >= 11 is 13.8. The van der Waals surface area contributed by atoms with E-state index in [0.29, 0.717) is 0 Å². The van der Waals surface area contributed by atoms with Gasteiger partial charge in [-0.2, -0.15) is 0 Å². The summed E-state index contributed by atoms with van der Waals surface area (Å²) in [6, 6.07) is 1.40. The molecule has 1 aliphatic rings. The van der Waals surface area contributed by atoms with Gasteiger partial charge in [-0.25, -0.2) is 26.9 Å². The summed E-state index contributed by atoms with van der Waals surface area (Å²) in [4.78, 5) is 18.7. The summed E-state index contributed by atoms with van der Waals surface area (Å²) in [5.41, 5.74) is -1.53. The molecule has 1 atom stereocenters. The molecule has 16 heteroatoms. The molecular weight excluding hydrogens is 599 g/mol. The van der Waals surface area contributed by atoms with Crippen molar-refractivity contribution in [2.45, 2.75) is 69.5 Å². The number of nitrogens with one attached hydrogen (secondary N) is 1. The van der Waals surface area contributed by atoms with E-state index in [-0.39, 0.29) is 47.9 Å². The van der Waals surface area contributed by atoms with E-state index in [2.05, 4.69) is 19.9 Å². The van der Waals surface area contributed by atoms with E-state index in [1.54, 1.807) is 13.8 Å². The van der Waals surface area contributed by atoms with Gasteiger partial charge in [0.25, 0.3) is 17.7 Å². The minimum absolute atomic E-state index is 0.0559. The molecular formula is C23H25Cl2F2N5O5S2. The van der Waals surface area contributed by atoms with Gasteiger partial charge in [0.15, 0.2) is 5.01 Å². The number of amides is 1. The predicted octanol–water partition coefficient (Wildman–Crippen LogP) is 4.95. The topological polar surface area (TPSA) is 139 Å². The van der Waals surface area contributed by atoms with Crippen LogP contribution in [0.4, 0.5) is 8.78 Å². The van der Waals surface area contributed by atoms with Crippen LogP contribution in [-0.4, -0.2) is 64.1 Å². The molecule has 1 saturated heterocycles. The van der Waals surface area contributed by atoms with E-state index in [1.165, 1.54) is 32.9 Å². The van der Waals surface area contributed by atoms with E-state index in [4.69, 9.17) is 27.6 Å². The maximum absolute atomic E-state index is 14.1. The molecule has 0 saturated carbocycles. The molecule has 0 radical (unpaired) electrons. The number of likely N-dealkylation sites (tertiary alicyclic amines) is 1. The first kappa shape index (κ1) is 29.7. The average molecular weight is 625 g/mol. The van der Waals surface area contributed by atoms with Gasteiger partial charge in [-0.15, -0.1) is 21.5 Å². The largest absolute Gasteiger partial charge is 0.415 e. The van der Waals surface area contributed by atoms with E-state index >= 15 is 0 Å². The molecule has 1 fully saturated rings. The molecule has 0 bridgehead atoms. The minimum atomic E-state index is -4.01. The Morgan fingerprint density at radius 1 is 1.28 bits per heavy atom. The van der Waals surface area contributed by atoms with Crippen LogP contribution in [-0.2, 0) is 15.6 Å². The Balaban J connectivity index is 1.87. The quantitative estimate of drug-likeness (QED) is 0.377. The van der Waals surface area contributed by atoms with Crippen molar-refractivity contribution in [3.63, 3.8) is 0 Å². The maximum atomic E-state index is 14.1. The van der Waals surface area contributed by atoms with Crippen LogP contribution in [0.25, 0.3) is 21.3 Å². The number of sulfonamides is 1. The van der Waals surface area contributed by atoms with Crippen molar-refractivity contribution >= 4 is 50.5 Å². The molecule has 39 heavy (non-hydrogen) atoms. The van der Waals surface area contributed by atoms with E-state index in [1.807, 2.05) is 0 Å². The molecule has 1 aromatic carbocycles. The van der Waals surface area contributed by atoms with E-state index in [9.17, 15) is 27.1 Å². The van der Waals surface area contributed by atoms with Gasteiger partial charge in [0, 0.05) is 24.1 Å². The second-order valence-electron chi connectivity index (χ2n) is 10.0. The molecule has 3 aromatic rings. The van der Waals surface area contributed by atoms with Crippen molar-refractivity contribution < 1.29 is 31.5 Å². The van der Waals surface area contributed by atoms with Crippen molar-refractivity contribution in [1.82, 2.24) is 24.8 Å². The van der Waals surface area contributed by atoms with E-state index in [0.717, 1.165) is 16.2 Å². The van der Waals surface area contributed by atoms with Gasteiger partial charge in [0.05, 0.1) is 21.5 Å². The monoisotopic (exact) mass is 623 g/mol. The Morgan fingerprint density at radius 2 is 1.95 bits per heavy atom. The first-order chi connectivity index (χ1) is 17.9. The standard InChI is InChI=1S/C23H25Cl2F2N5O5S2/c1-10(2)31-39(35,36)13-7-6-12(14(24)15(13)25)17-16(20(33)32-9-23(26,27)8-11(32)3)28-19(38-17)18-29-30-21(37-18)22(4,5)34/h6-7,10-11,31,34H,8-9H2,1-5H3/t11-/m0/s1. The molecule has 1 aliphatic heterocycles. The van der Waals surface area contributed by atoms with Gasteiger partial charge >= 0.3 is 0 Å². The normalized spacial score (nSPS) is 17.8. The Kier molecular flexibility index (Phi) is 7.86. The first-order valence-electron chi connectivity index (χ1n) is 11.7. The van der Waals surface area contributed by atoms with Gasteiger partial charge in [-0.1, -0.05) is 29.3 Å². The fraction of sp³-hybridized carbons (Fsp3) is 0.478. The lowest BCUT2D eigenvalue weighted by molar-refractivity contribution is 0.0118. The molecule has 3 heterocycles. The number of rotatable bonds is 7. The highest BCUT2D eigenvalue weighted by Gasteiger charge is 2.46. The first-order valence-corrected chi connectivity index (χ1v) is 14.7. The summed E-state index contributed by atoms with van der Waals surface area (Å²) in [6.45, 7) is 6.86. The summed E-state index contributed by atoms with van der Waals surface area (Å²) < 4.78 is 61.7. The number of aromatic nitrogens is 3. The lowest BCUT2D eigenvalue weighted by Gasteiger charge is -2.20. The third-order valence-electron chi connectivity index (χ3n) is 5.72. The molecule has 4 rings (SSSR count). The number of hydrogen-bond acceptors (Lipinski definition) is 9. The molecule has 2 N–H and O–H groups in total. The molecule has 0 unspecified atom stereocenters. The van der Waals surface area contributed by atoms with Gasteiger partial charge in [0.2, 0.25) is 15.9 Å². The summed E-state index contributed by atoms with van der Waals surface area (Å²) in [5, 5.41) is 17.5. The van der Waals surface area contributed by atoms with Crippen LogP contribution in [0.15, 0.2) is 21.4 Å². The fourth-order valence-corrected chi connectivity index (χ4v) is 7.19. The Hall–Kier alpha value is -2.23. The minimum Gasteiger partial charge on any atom is -0.415 e. The third kappa shape index (κ3) is 5.95. The molecule has 1 amide bonds. The van der Waals surface area contributed by atoms with Crippen molar-refractivity contribution in [2.24, 2.45) is 0 Å². The number of carbonyl (C=O) groups is 1. The molecule has 0 aliphatic carbocycles. The van der Waals surface area contributed by atoms with Crippen LogP contribution in [0.5, 0.6) is 0 Å². The number of alkyl halides is 2. The molecule has 212 valence electrons. The number of aliphatic hydroxyl groups is 1. The number of thiazole rings is 1. The number of benzene rings is 1. The highest BCUT2D eigenvalue weighted by atomic mass is 35.5. The Labute approximate surface area is 237 Å². The third-order valence-corrected chi connectivity index (χ3v) is 9.49. The number of nitrogens with zero attached hydrogens (tertiary/aromatic N) is 4. The number of halogens is 4. The Morgan fingerprint density at radius 3 is 2.49 bits per heavy atom. The van der Waals surface area contributed by atoms with Gasteiger partial charge in [0.1, 0.15) is 16.2 Å². The van der Waals surface area contributed by atoms with Gasteiger partial charge in [-0.3, -0.25) is 4.79 Å². The van der Waals surface area contributed by atoms with Crippen LogP contribution in [0.2, 0.25) is 10.0 Å². The molecule has 10 nitrogen and oxygen atoms in total. The predicted molar refractivity (Wildman–Crippen MR) is 142 cm³/mol. The summed E-state index contributed by atoms with van der Waals surface area (Å²) in [6.07, 6.45) is -0.508. The fourth-order valence-electron chi connectivity index (χ4n) is 4.00. The average Bonchev–Trinajstić information content (AvgIpc) is 3.50. The highest BCUT2D eigenvalue weighted by molar-refractivity contribution is 7.89. The van der Waals surface area contributed by atoms with Crippen LogP contribution in [0.1, 0.15) is 57.4 Å². The van der Waals surface area contributed by atoms with Crippen LogP contribution in [0, 0.1) is 0 Å². The van der Waals surface area contributed by atoms with Gasteiger partial charge < -0.3 is 14.4 Å². The number of hydrogen-bond donors (Lipinski definition) is 2. The van der Waals surface area contributed by atoms with Crippen molar-refractivity contribution in [1.29, 1.82) is 0 Å². The highest BCUT2D eigenvalue weighted by Crippen LogP contribution is 2.44. The SMILES string of the molecule is CC(C)NS(=O)(=O)c1ccc(-c2sc(-c3nnc(C(C)(C)O)o3)nc2C(=O)N2CC(F)(F)C[C@@H]2C)c(Cl)c1Cl.